The Morgan fingerprint density at radius 2 is 2.11 bits per heavy atom. The molecule has 4 heteroatoms. The Morgan fingerprint density at radius 3 is 2.22 bits per heavy atom. The van der Waals surface area contributed by atoms with Gasteiger partial charge in [0.05, 0.1) is 6.42 Å². The van der Waals surface area contributed by atoms with Crippen LogP contribution in [0.25, 0.3) is 0 Å². The van der Waals surface area contributed by atoms with Crippen molar-refractivity contribution >= 4 is 6.29 Å². The molecule has 49 valence electrons. The van der Waals surface area contributed by atoms with E-state index in [9.17, 15) is 18.0 Å². The van der Waals surface area contributed by atoms with E-state index in [1.54, 1.807) is 0 Å². The zero-order valence-electron chi connectivity index (χ0n) is 4.25. The van der Waals surface area contributed by atoms with Crippen LogP contribution >= 0.6 is 0 Å². The molecule has 0 saturated carbocycles. The first kappa shape index (κ1) is 6.32. The Labute approximate surface area is 49.2 Å². The highest BCUT2D eigenvalue weighted by Crippen LogP contribution is 2.42. The van der Waals surface area contributed by atoms with E-state index in [1.807, 2.05) is 0 Å². The number of alkyl halides is 2. The summed E-state index contributed by atoms with van der Waals surface area (Å²) < 4.78 is 35.3. The average molecular weight is 135 g/mol. The monoisotopic (exact) mass is 135 g/mol. The molecule has 9 heavy (non-hydrogen) atoms. The summed E-state index contributed by atoms with van der Waals surface area (Å²) >= 11 is 0. The van der Waals surface area contributed by atoms with Gasteiger partial charge in [-0.2, -0.15) is 8.78 Å². The molecule has 0 heterocycles. The van der Waals surface area contributed by atoms with Crippen LogP contribution < -0.4 is 0 Å². The summed E-state index contributed by atoms with van der Waals surface area (Å²) in [4.78, 5) is 9.53. The fourth-order valence-electron chi connectivity index (χ4n) is 0.572. The van der Waals surface area contributed by atoms with Crippen molar-refractivity contribution in [2.24, 2.45) is 0 Å². The lowest BCUT2D eigenvalue weighted by Gasteiger charge is -2.23. The first-order chi connectivity index (χ1) is 4.08. The predicted molar refractivity (Wildman–Crippen MR) is 23.4 cm³/mol. The first-order valence-corrected chi connectivity index (χ1v) is 2.23. The largest absolute Gasteiger partial charge is 0.303 e. The van der Waals surface area contributed by atoms with Gasteiger partial charge in [0.15, 0.2) is 5.83 Å². The molecule has 0 spiro atoms. The number of allylic oxidation sites excluding steroid dienone is 2. The van der Waals surface area contributed by atoms with Gasteiger partial charge in [0.2, 0.25) is 6.29 Å². The normalized spacial score (nSPS) is 23.4. The molecule has 0 aromatic carbocycles. The van der Waals surface area contributed by atoms with Crippen LogP contribution in [0.1, 0.15) is 6.42 Å². The van der Waals surface area contributed by atoms with Gasteiger partial charge in [-0.05, 0) is 0 Å². The lowest BCUT2D eigenvalue weighted by Crippen LogP contribution is -2.29. The van der Waals surface area contributed by atoms with Gasteiger partial charge in [0.1, 0.15) is 0 Å². The van der Waals surface area contributed by atoms with Crippen molar-refractivity contribution < 1.29 is 18.0 Å². The number of carbonyl (C=O) groups excluding carboxylic acids is 1. The third kappa shape index (κ3) is 0.742. The Hall–Kier alpha value is -0.800. The van der Waals surface area contributed by atoms with E-state index >= 15 is 0 Å². The van der Waals surface area contributed by atoms with Gasteiger partial charge in [-0.25, -0.2) is 4.39 Å². The molecule has 0 amide bonds. The van der Waals surface area contributed by atoms with Crippen molar-refractivity contribution in [3.05, 3.63) is 11.4 Å². The van der Waals surface area contributed by atoms with E-state index in [4.69, 9.17) is 0 Å². The van der Waals surface area contributed by atoms with E-state index in [1.165, 1.54) is 0 Å². The average Bonchev–Trinajstić information content (AvgIpc) is 1.82. The molecule has 1 nitrogen and oxygen atoms in total. The summed E-state index contributed by atoms with van der Waals surface area (Å²) in [7, 11) is 0. The Bertz CT molecular complexity index is 183. The van der Waals surface area contributed by atoms with Crippen molar-refractivity contribution in [1.82, 2.24) is 0 Å². The standard InChI is InChI=1S/C5H2F3O/c6-4-3(2-9)1-5(4,7)8/h1H2. The van der Waals surface area contributed by atoms with E-state index in [-0.39, 0.29) is 0 Å². The van der Waals surface area contributed by atoms with Crippen LogP contribution in [0.5, 0.6) is 0 Å². The zero-order valence-corrected chi connectivity index (χ0v) is 4.25. The van der Waals surface area contributed by atoms with Crippen LogP contribution in [-0.2, 0) is 4.79 Å². The minimum Gasteiger partial charge on any atom is -0.285 e. The summed E-state index contributed by atoms with van der Waals surface area (Å²) in [6.45, 7) is 0. The van der Waals surface area contributed by atoms with Crippen molar-refractivity contribution in [2.45, 2.75) is 12.3 Å². The van der Waals surface area contributed by atoms with Crippen molar-refractivity contribution in [2.75, 3.05) is 0 Å². The molecule has 0 atom stereocenters. The second-order valence-electron chi connectivity index (χ2n) is 1.78. The number of hydrogen-bond acceptors (Lipinski definition) is 1. The first-order valence-electron chi connectivity index (χ1n) is 2.23. The highest BCUT2D eigenvalue weighted by atomic mass is 19.3. The molecule has 0 aliphatic heterocycles. The van der Waals surface area contributed by atoms with E-state index in [0.717, 1.165) is 6.29 Å². The van der Waals surface area contributed by atoms with Crippen LogP contribution in [0.4, 0.5) is 13.2 Å². The summed E-state index contributed by atoms with van der Waals surface area (Å²) in [5.74, 6) is -5.02. The maximum Gasteiger partial charge on any atom is 0.303 e. The Balaban J connectivity index is 2.84. The fourth-order valence-corrected chi connectivity index (χ4v) is 0.572. The molecule has 0 unspecified atom stereocenters. The Morgan fingerprint density at radius 1 is 1.56 bits per heavy atom. The summed E-state index contributed by atoms with van der Waals surface area (Å²) in [5.41, 5.74) is -0.542. The second kappa shape index (κ2) is 1.59. The highest BCUT2D eigenvalue weighted by molar-refractivity contribution is 5.78. The Kier molecular flexibility index (Phi) is 1.12. The molecule has 0 bridgehead atoms. The van der Waals surface area contributed by atoms with Gasteiger partial charge in [-0.3, -0.25) is 4.79 Å². The zero-order chi connectivity index (χ0) is 7.07. The molecule has 0 aromatic heterocycles. The quantitative estimate of drug-likeness (QED) is 0.530. The molecular formula is C5H2F3O. The smallest absolute Gasteiger partial charge is 0.285 e. The summed E-state index contributed by atoms with van der Waals surface area (Å²) in [6.07, 6.45) is 0.278. The lowest BCUT2D eigenvalue weighted by molar-refractivity contribution is -0.00593. The summed E-state index contributed by atoms with van der Waals surface area (Å²) in [6, 6.07) is 0. The molecule has 1 rings (SSSR count). The molecule has 0 N–H and O–H groups in total. The van der Waals surface area contributed by atoms with Crippen LogP contribution in [-0.4, -0.2) is 12.2 Å². The van der Waals surface area contributed by atoms with Gasteiger partial charge in [-0.15, -0.1) is 0 Å². The number of rotatable bonds is 1. The predicted octanol–water partition coefficient (Wildman–Crippen LogP) is 1.36. The van der Waals surface area contributed by atoms with E-state index < -0.39 is 23.7 Å². The second-order valence-corrected chi connectivity index (χ2v) is 1.78. The molecule has 1 radical (unpaired) electrons. The molecule has 1 aliphatic rings. The SMILES string of the molecule is O=[C]C1=C(F)C(F)(F)C1. The topological polar surface area (TPSA) is 17.1 Å². The van der Waals surface area contributed by atoms with Crippen molar-refractivity contribution in [1.29, 1.82) is 0 Å². The van der Waals surface area contributed by atoms with Gasteiger partial charge >= 0.3 is 5.92 Å². The van der Waals surface area contributed by atoms with Crippen molar-refractivity contribution in [3.63, 3.8) is 0 Å². The highest BCUT2D eigenvalue weighted by Gasteiger charge is 2.47. The lowest BCUT2D eigenvalue weighted by atomic mass is 9.94. The minimum absolute atomic E-state index is 0.542. The number of hydrogen-bond donors (Lipinski definition) is 0. The molecule has 0 aromatic rings. The van der Waals surface area contributed by atoms with Gasteiger partial charge in [-0.1, -0.05) is 0 Å². The fraction of sp³-hybridized carbons (Fsp3) is 0.400. The third-order valence-corrected chi connectivity index (χ3v) is 1.11. The van der Waals surface area contributed by atoms with Crippen LogP contribution in [0.15, 0.2) is 11.4 Å². The van der Waals surface area contributed by atoms with Gasteiger partial charge < -0.3 is 0 Å². The maximum atomic E-state index is 11.8. The van der Waals surface area contributed by atoms with Crippen LogP contribution in [0.2, 0.25) is 0 Å². The molecule has 0 fully saturated rings. The van der Waals surface area contributed by atoms with E-state index in [2.05, 4.69) is 0 Å². The molecule has 0 saturated heterocycles. The third-order valence-electron chi connectivity index (χ3n) is 1.11. The van der Waals surface area contributed by atoms with E-state index in [0.29, 0.717) is 0 Å². The van der Waals surface area contributed by atoms with Gasteiger partial charge in [0, 0.05) is 5.57 Å². The molecular weight excluding hydrogens is 133 g/mol. The van der Waals surface area contributed by atoms with Gasteiger partial charge in [0.25, 0.3) is 0 Å². The number of halogens is 3. The summed E-state index contributed by atoms with van der Waals surface area (Å²) in [5, 5.41) is 0. The van der Waals surface area contributed by atoms with Crippen LogP contribution in [0.3, 0.4) is 0 Å². The van der Waals surface area contributed by atoms with Crippen molar-refractivity contribution in [3.8, 4) is 0 Å². The maximum absolute atomic E-state index is 11.8. The minimum atomic E-state index is -3.40. The van der Waals surface area contributed by atoms with Crippen LogP contribution in [0, 0.1) is 0 Å². The molecule has 1 aliphatic carbocycles.